The zero-order chi connectivity index (χ0) is 22.5. The van der Waals surface area contributed by atoms with E-state index in [-0.39, 0.29) is 11.9 Å². The molecule has 1 atom stereocenters. The van der Waals surface area contributed by atoms with Crippen molar-refractivity contribution < 1.29 is 9.53 Å². The minimum atomic E-state index is 0.192. The molecular formula is C28H32N2O2. The maximum atomic E-state index is 12.9. The molecule has 0 saturated carbocycles. The second-order valence-electron chi connectivity index (χ2n) is 8.61. The van der Waals surface area contributed by atoms with Gasteiger partial charge in [-0.25, -0.2) is 0 Å². The molecule has 1 aliphatic heterocycles. The molecule has 0 N–H and O–H groups in total. The predicted molar refractivity (Wildman–Crippen MR) is 129 cm³/mol. The Morgan fingerprint density at radius 3 is 2.25 bits per heavy atom. The van der Waals surface area contributed by atoms with Gasteiger partial charge in [0, 0.05) is 26.2 Å². The first-order valence-electron chi connectivity index (χ1n) is 11.3. The van der Waals surface area contributed by atoms with Gasteiger partial charge in [-0.15, -0.1) is 0 Å². The molecular weight excluding hydrogens is 396 g/mol. The highest BCUT2D eigenvalue weighted by atomic mass is 16.5. The van der Waals surface area contributed by atoms with E-state index in [4.69, 9.17) is 4.74 Å². The number of amides is 1. The smallest absolute Gasteiger partial charge is 0.227 e. The van der Waals surface area contributed by atoms with Crippen LogP contribution in [0.3, 0.4) is 0 Å². The van der Waals surface area contributed by atoms with Crippen LogP contribution in [0.5, 0.6) is 5.75 Å². The molecule has 4 nitrogen and oxygen atoms in total. The number of hydrogen-bond donors (Lipinski definition) is 0. The van der Waals surface area contributed by atoms with Crippen LogP contribution in [0.25, 0.3) is 0 Å². The van der Waals surface area contributed by atoms with Crippen molar-refractivity contribution in [2.45, 2.75) is 26.3 Å². The van der Waals surface area contributed by atoms with Crippen LogP contribution in [0.1, 0.15) is 33.9 Å². The van der Waals surface area contributed by atoms with E-state index in [2.05, 4.69) is 67.3 Å². The summed E-state index contributed by atoms with van der Waals surface area (Å²) >= 11 is 0. The minimum Gasteiger partial charge on any atom is -0.497 e. The summed E-state index contributed by atoms with van der Waals surface area (Å²) in [6, 6.07) is 25.4. The normalized spacial score (nSPS) is 15.4. The van der Waals surface area contributed by atoms with Crippen molar-refractivity contribution in [1.29, 1.82) is 0 Å². The van der Waals surface area contributed by atoms with Gasteiger partial charge in [-0.05, 0) is 48.2 Å². The van der Waals surface area contributed by atoms with E-state index >= 15 is 0 Å². The third-order valence-electron chi connectivity index (χ3n) is 6.39. The summed E-state index contributed by atoms with van der Waals surface area (Å²) < 4.78 is 5.21. The van der Waals surface area contributed by atoms with Gasteiger partial charge in [0.25, 0.3) is 0 Å². The second-order valence-corrected chi connectivity index (χ2v) is 8.61. The SMILES string of the molecule is COc1ccc(CC(=O)N2CCN(C(c3ccccc3)c3cc(C)ccc3C)CC2)cc1. The number of carbonyl (C=O) groups excluding carboxylic acids is 1. The number of nitrogens with zero attached hydrogens (tertiary/aromatic N) is 2. The summed E-state index contributed by atoms with van der Waals surface area (Å²) in [5.74, 6) is 1.01. The molecule has 1 saturated heterocycles. The van der Waals surface area contributed by atoms with Crippen LogP contribution in [-0.4, -0.2) is 49.0 Å². The number of methoxy groups -OCH3 is 1. The molecule has 32 heavy (non-hydrogen) atoms. The molecule has 1 heterocycles. The van der Waals surface area contributed by atoms with Gasteiger partial charge >= 0.3 is 0 Å². The fraction of sp³-hybridized carbons (Fsp3) is 0.321. The van der Waals surface area contributed by atoms with Crippen LogP contribution >= 0.6 is 0 Å². The van der Waals surface area contributed by atoms with Gasteiger partial charge in [0.2, 0.25) is 5.91 Å². The van der Waals surface area contributed by atoms with Crippen molar-refractivity contribution in [3.05, 3.63) is 101 Å². The number of benzene rings is 3. The van der Waals surface area contributed by atoms with Gasteiger partial charge in [0.1, 0.15) is 5.75 Å². The Labute approximate surface area is 191 Å². The van der Waals surface area contributed by atoms with E-state index in [0.717, 1.165) is 37.5 Å². The standard InChI is InChI=1S/C28H32N2O2/c1-21-9-10-22(2)26(19-21)28(24-7-5-4-6-8-24)30-17-15-29(16-18-30)27(31)20-23-11-13-25(32-3)14-12-23/h4-14,19,28H,15-18,20H2,1-3H3. The van der Waals surface area contributed by atoms with Crippen molar-refractivity contribution in [3.8, 4) is 5.75 Å². The minimum absolute atomic E-state index is 0.192. The zero-order valence-corrected chi connectivity index (χ0v) is 19.3. The van der Waals surface area contributed by atoms with E-state index in [1.807, 2.05) is 29.2 Å². The second kappa shape index (κ2) is 10.0. The Morgan fingerprint density at radius 1 is 0.906 bits per heavy atom. The van der Waals surface area contributed by atoms with Crippen LogP contribution in [-0.2, 0) is 11.2 Å². The molecule has 1 amide bonds. The highest BCUT2D eigenvalue weighted by Gasteiger charge is 2.29. The molecule has 0 radical (unpaired) electrons. The van der Waals surface area contributed by atoms with Crippen LogP contribution in [0.15, 0.2) is 72.8 Å². The van der Waals surface area contributed by atoms with E-state index < -0.39 is 0 Å². The molecule has 3 aromatic carbocycles. The predicted octanol–water partition coefficient (Wildman–Crippen LogP) is 4.79. The Hall–Kier alpha value is -3.11. The van der Waals surface area contributed by atoms with E-state index in [1.165, 1.54) is 22.3 Å². The molecule has 0 aromatic heterocycles. The Morgan fingerprint density at radius 2 is 1.59 bits per heavy atom. The van der Waals surface area contributed by atoms with E-state index in [1.54, 1.807) is 7.11 Å². The van der Waals surface area contributed by atoms with Crippen LogP contribution in [0.4, 0.5) is 0 Å². The first kappa shape index (κ1) is 22.1. The first-order chi connectivity index (χ1) is 15.5. The lowest BCUT2D eigenvalue weighted by molar-refractivity contribution is -0.132. The molecule has 0 aliphatic carbocycles. The fourth-order valence-corrected chi connectivity index (χ4v) is 4.54. The molecule has 1 unspecified atom stereocenters. The molecule has 166 valence electrons. The van der Waals surface area contributed by atoms with Crippen LogP contribution < -0.4 is 4.74 Å². The number of carbonyl (C=O) groups is 1. The topological polar surface area (TPSA) is 32.8 Å². The monoisotopic (exact) mass is 428 g/mol. The fourth-order valence-electron chi connectivity index (χ4n) is 4.54. The molecule has 3 aromatic rings. The molecule has 1 fully saturated rings. The van der Waals surface area contributed by atoms with Crippen molar-refractivity contribution in [2.24, 2.45) is 0 Å². The van der Waals surface area contributed by atoms with Gasteiger partial charge in [0.05, 0.1) is 19.6 Å². The van der Waals surface area contributed by atoms with E-state index in [0.29, 0.717) is 6.42 Å². The van der Waals surface area contributed by atoms with Gasteiger partial charge in [-0.1, -0.05) is 66.2 Å². The third kappa shape index (κ3) is 5.03. The molecule has 0 bridgehead atoms. The summed E-state index contributed by atoms with van der Waals surface area (Å²) in [7, 11) is 1.65. The Bertz CT molecular complexity index is 1040. The number of hydrogen-bond acceptors (Lipinski definition) is 3. The lowest BCUT2D eigenvalue weighted by atomic mass is 9.92. The van der Waals surface area contributed by atoms with Crippen molar-refractivity contribution >= 4 is 5.91 Å². The summed E-state index contributed by atoms with van der Waals surface area (Å²) in [6.07, 6.45) is 0.434. The van der Waals surface area contributed by atoms with Crippen molar-refractivity contribution in [2.75, 3.05) is 33.3 Å². The van der Waals surface area contributed by atoms with Crippen molar-refractivity contribution in [1.82, 2.24) is 9.80 Å². The highest BCUT2D eigenvalue weighted by Crippen LogP contribution is 2.32. The van der Waals surface area contributed by atoms with Crippen LogP contribution in [0.2, 0.25) is 0 Å². The molecule has 4 rings (SSSR count). The quantitative estimate of drug-likeness (QED) is 0.566. The Balaban J connectivity index is 1.47. The molecule has 1 aliphatic rings. The maximum Gasteiger partial charge on any atom is 0.227 e. The maximum absolute atomic E-state index is 12.9. The lowest BCUT2D eigenvalue weighted by Gasteiger charge is -2.40. The van der Waals surface area contributed by atoms with Crippen molar-refractivity contribution in [3.63, 3.8) is 0 Å². The lowest BCUT2D eigenvalue weighted by Crippen LogP contribution is -2.50. The van der Waals surface area contributed by atoms with Crippen LogP contribution in [0, 0.1) is 13.8 Å². The number of rotatable bonds is 6. The zero-order valence-electron chi connectivity index (χ0n) is 19.3. The molecule has 4 heteroatoms. The summed E-state index contributed by atoms with van der Waals surface area (Å²) in [5.41, 5.74) is 6.27. The third-order valence-corrected chi connectivity index (χ3v) is 6.39. The number of piperazine rings is 1. The summed E-state index contributed by atoms with van der Waals surface area (Å²) in [6.45, 7) is 7.58. The van der Waals surface area contributed by atoms with E-state index in [9.17, 15) is 4.79 Å². The van der Waals surface area contributed by atoms with Gasteiger partial charge in [-0.2, -0.15) is 0 Å². The molecule has 0 spiro atoms. The van der Waals surface area contributed by atoms with Gasteiger partial charge in [-0.3, -0.25) is 9.69 Å². The van der Waals surface area contributed by atoms with Gasteiger partial charge in [0.15, 0.2) is 0 Å². The average molecular weight is 429 g/mol. The number of ether oxygens (including phenoxy) is 1. The summed E-state index contributed by atoms with van der Waals surface area (Å²) in [4.78, 5) is 17.4. The Kier molecular flexibility index (Phi) is 6.91. The van der Waals surface area contributed by atoms with Gasteiger partial charge < -0.3 is 9.64 Å². The number of aryl methyl sites for hydroxylation is 2. The summed E-state index contributed by atoms with van der Waals surface area (Å²) in [5, 5.41) is 0. The average Bonchev–Trinajstić information content (AvgIpc) is 2.83. The largest absolute Gasteiger partial charge is 0.497 e. The highest BCUT2D eigenvalue weighted by molar-refractivity contribution is 5.79. The first-order valence-corrected chi connectivity index (χ1v) is 11.3.